The van der Waals surface area contributed by atoms with Gasteiger partial charge in [-0.2, -0.15) is 0 Å². The normalized spacial score (nSPS) is 12.0. The Kier molecular flexibility index (Phi) is 2.39. The van der Waals surface area contributed by atoms with E-state index < -0.39 is 8.07 Å². The second-order valence-electron chi connectivity index (χ2n) is 5.09. The highest BCUT2D eigenvalue weighted by molar-refractivity contribution is 6.88. The Morgan fingerprint density at radius 1 is 1.07 bits per heavy atom. The van der Waals surface area contributed by atoms with Crippen LogP contribution in [0.1, 0.15) is 5.56 Å². The van der Waals surface area contributed by atoms with E-state index in [-0.39, 0.29) is 0 Å². The average molecular weight is 215 g/mol. The van der Waals surface area contributed by atoms with E-state index in [1.54, 1.807) is 0 Å². The van der Waals surface area contributed by atoms with E-state index in [1.165, 1.54) is 16.3 Å². The van der Waals surface area contributed by atoms with Crippen molar-refractivity contribution in [2.45, 2.75) is 26.6 Å². The Balaban J connectivity index is 2.73. The number of pyridine rings is 1. The van der Waals surface area contributed by atoms with Crippen molar-refractivity contribution in [3.05, 3.63) is 35.9 Å². The van der Waals surface area contributed by atoms with Crippen molar-refractivity contribution in [2.75, 3.05) is 0 Å². The lowest BCUT2D eigenvalue weighted by Gasteiger charge is -2.17. The molecule has 0 saturated carbocycles. The predicted octanol–water partition coefficient (Wildman–Crippen LogP) is 3.09. The molecule has 2 heteroatoms. The van der Waals surface area contributed by atoms with Crippen molar-refractivity contribution in [2.24, 2.45) is 0 Å². The van der Waals surface area contributed by atoms with Crippen molar-refractivity contribution in [1.82, 2.24) is 4.98 Å². The molecule has 0 atom stereocenters. The number of para-hydroxylation sites is 1. The third-order valence-electron chi connectivity index (χ3n) is 2.69. The van der Waals surface area contributed by atoms with Crippen molar-refractivity contribution < 1.29 is 0 Å². The maximum absolute atomic E-state index is 4.77. The third kappa shape index (κ3) is 1.95. The monoisotopic (exact) mass is 215 g/mol. The van der Waals surface area contributed by atoms with E-state index in [0.29, 0.717) is 0 Å². The summed E-state index contributed by atoms with van der Waals surface area (Å²) in [6, 6.07) is 10.6. The Morgan fingerprint density at radius 2 is 1.73 bits per heavy atom. The van der Waals surface area contributed by atoms with Crippen LogP contribution in [0, 0.1) is 6.92 Å². The van der Waals surface area contributed by atoms with Gasteiger partial charge in [-0.15, -0.1) is 0 Å². The number of fused-ring (bicyclic) bond motifs is 1. The molecule has 0 N–H and O–H groups in total. The molecule has 15 heavy (non-hydrogen) atoms. The molecule has 1 heterocycles. The molecule has 0 aliphatic heterocycles. The molecular formula is C13H17NSi. The lowest BCUT2D eigenvalue weighted by atomic mass is 10.1. The first-order valence-electron chi connectivity index (χ1n) is 5.35. The first-order valence-corrected chi connectivity index (χ1v) is 8.85. The number of aromatic nitrogens is 1. The summed E-state index contributed by atoms with van der Waals surface area (Å²) in [6.45, 7) is 9.18. The van der Waals surface area contributed by atoms with Gasteiger partial charge in [-0.05, 0) is 24.6 Å². The Hall–Kier alpha value is -1.15. The van der Waals surface area contributed by atoms with E-state index in [4.69, 9.17) is 4.98 Å². The molecule has 0 bridgehead atoms. The minimum Gasteiger partial charge on any atom is -0.258 e. The second-order valence-corrected chi connectivity index (χ2v) is 10.1. The maximum atomic E-state index is 4.77. The Morgan fingerprint density at radius 3 is 2.40 bits per heavy atom. The van der Waals surface area contributed by atoms with Gasteiger partial charge in [-0.1, -0.05) is 37.8 Å². The van der Waals surface area contributed by atoms with Crippen LogP contribution in [0.4, 0.5) is 0 Å². The summed E-state index contributed by atoms with van der Waals surface area (Å²) < 4.78 is 0. The lowest BCUT2D eigenvalue weighted by molar-refractivity contribution is 1.40. The van der Waals surface area contributed by atoms with Crippen LogP contribution in [0.3, 0.4) is 0 Å². The first kappa shape index (κ1) is 10.4. The highest BCUT2D eigenvalue weighted by atomic mass is 28.3. The molecule has 0 spiro atoms. The number of benzene rings is 1. The van der Waals surface area contributed by atoms with E-state index >= 15 is 0 Å². The largest absolute Gasteiger partial charge is 0.258 e. The molecule has 2 rings (SSSR count). The molecule has 0 fully saturated rings. The van der Waals surface area contributed by atoms with Gasteiger partial charge in [-0.25, -0.2) is 0 Å². The molecule has 78 valence electrons. The van der Waals surface area contributed by atoms with Crippen molar-refractivity contribution in [3.8, 4) is 0 Å². The van der Waals surface area contributed by atoms with Gasteiger partial charge >= 0.3 is 0 Å². The van der Waals surface area contributed by atoms with E-state index in [9.17, 15) is 0 Å². The summed E-state index contributed by atoms with van der Waals surface area (Å²) in [4.78, 5) is 4.77. The van der Waals surface area contributed by atoms with Crippen LogP contribution in [0.15, 0.2) is 30.3 Å². The summed E-state index contributed by atoms with van der Waals surface area (Å²) in [5, 5.41) is 2.58. The summed E-state index contributed by atoms with van der Waals surface area (Å²) in [5.41, 5.74) is 2.48. The molecule has 2 aromatic rings. The van der Waals surface area contributed by atoms with Crippen LogP contribution in [-0.4, -0.2) is 13.1 Å². The van der Waals surface area contributed by atoms with Crippen LogP contribution in [0.25, 0.3) is 10.9 Å². The quantitative estimate of drug-likeness (QED) is 0.666. The van der Waals surface area contributed by atoms with Crippen molar-refractivity contribution >= 4 is 24.3 Å². The van der Waals surface area contributed by atoms with E-state index in [1.807, 2.05) is 0 Å². The Bertz CT molecular complexity index is 497. The number of nitrogens with zero attached hydrogens (tertiary/aromatic N) is 1. The fourth-order valence-corrected chi connectivity index (χ4v) is 2.84. The summed E-state index contributed by atoms with van der Waals surface area (Å²) >= 11 is 0. The molecule has 0 radical (unpaired) electrons. The smallest absolute Gasteiger partial charge is 0.101 e. The average Bonchev–Trinajstić information content (AvgIpc) is 2.16. The van der Waals surface area contributed by atoms with Crippen molar-refractivity contribution in [1.29, 1.82) is 0 Å². The molecule has 1 nitrogen and oxygen atoms in total. The van der Waals surface area contributed by atoms with Crippen LogP contribution in [0.2, 0.25) is 19.6 Å². The number of rotatable bonds is 1. The summed E-state index contributed by atoms with van der Waals surface area (Å²) in [6.07, 6.45) is 0. The summed E-state index contributed by atoms with van der Waals surface area (Å²) in [7, 11) is -1.29. The highest BCUT2D eigenvalue weighted by Crippen LogP contribution is 2.15. The number of aryl methyl sites for hydroxylation is 1. The summed E-state index contributed by atoms with van der Waals surface area (Å²) in [5.74, 6) is 0. The molecule has 0 aliphatic carbocycles. The highest BCUT2D eigenvalue weighted by Gasteiger charge is 2.19. The van der Waals surface area contributed by atoms with Gasteiger partial charge < -0.3 is 0 Å². The molecule has 1 aromatic heterocycles. The maximum Gasteiger partial charge on any atom is 0.101 e. The molecule has 0 aliphatic rings. The minimum absolute atomic E-state index is 1.13. The van der Waals surface area contributed by atoms with Gasteiger partial charge in [0.15, 0.2) is 0 Å². The zero-order chi connectivity index (χ0) is 11.1. The van der Waals surface area contributed by atoms with Gasteiger partial charge in [0.1, 0.15) is 8.07 Å². The standard InChI is InChI=1S/C13H17NSi/c1-10-9-13(15(2,3)4)14-12-8-6-5-7-11(10)12/h5-9H,1-4H3. The predicted molar refractivity (Wildman–Crippen MR) is 69.5 cm³/mol. The minimum atomic E-state index is -1.29. The zero-order valence-electron chi connectivity index (χ0n) is 9.83. The van der Waals surface area contributed by atoms with Crippen molar-refractivity contribution in [3.63, 3.8) is 0 Å². The van der Waals surface area contributed by atoms with Crippen LogP contribution in [-0.2, 0) is 0 Å². The van der Waals surface area contributed by atoms with Gasteiger partial charge in [-0.3, -0.25) is 4.98 Å². The van der Waals surface area contributed by atoms with Gasteiger partial charge in [0.25, 0.3) is 0 Å². The third-order valence-corrected chi connectivity index (χ3v) is 4.48. The molecule has 0 amide bonds. The molecule has 1 aromatic carbocycles. The lowest BCUT2D eigenvalue weighted by Crippen LogP contribution is -2.40. The topological polar surface area (TPSA) is 12.9 Å². The van der Waals surface area contributed by atoms with E-state index in [0.717, 1.165) is 5.52 Å². The van der Waals surface area contributed by atoms with Gasteiger partial charge in [0.2, 0.25) is 0 Å². The molecule has 0 saturated heterocycles. The van der Waals surface area contributed by atoms with Crippen LogP contribution in [0.5, 0.6) is 0 Å². The first-order chi connectivity index (χ1) is 6.98. The number of hydrogen-bond acceptors (Lipinski definition) is 1. The zero-order valence-corrected chi connectivity index (χ0v) is 10.8. The Labute approximate surface area is 92.2 Å². The fourth-order valence-electron chi connectivity index (χ4n) is 1.73. The van der Waals surface area contributed by atoms with Crippen LogP contribution >= 0.6 is 0 Å². The SMILES string of the molecule is Cc1cc([Si](C)(C)C)nc2ccccc12. The van der Waals surface area contributed by atoms with Crippen LogP contribution < -0.4 is 5.32 Å². The fraction of sp³-hybridized carbons (Fsp3) is 0.308. The number of hydrogen-bond donors (Lipinski definition) is 0. The molecule has 0 unspecified atom stereocenters. The van der Waals surface area contributed by atoms with Gasteiger partial charge in [0, 0.05) is 10.7 Å². The second kappa shape index (κ2) is 3.45. The van der Waals surface area contributed by atoms with E-state index in [2.05, 4.69) is 56.9 Å². The molecular weight excluding hydrogens is 198 g/mol. The van der Waals surface area contributed by atoms with Gasteiger partial charge in [0.05, 0.1) is 5.52 Å².